The van der Waals surface area contributed by atoms with Gasteiger partial charge in [-0.25, -0.2) is 9.59 Å². The highest BCUT2D eigenvalue weighted by molar-refractivity contribution is 6.32. The number of epoxide rings is 1. The van der Waals surface area contributed by atoms with Crippen LogP contribution in [-0.2, 0) is 75.2 Å². The Labute approximate surface area is 459 Å². The van der Waals surface area contributed by atoms with Crippen LogP contribution in [0.2, 0.25) is 5.02 Å². The predicted molar refractivity (Wildman–Crippen MR) is 283 cm³/mol. The quantitative estimate of drug-likeness (QED) is 0.0614. The molecule has 1 saturated carbocycles. The van der Waals surface area contributed by atoms with Gasteiger partial charge in [-0.05, 0) is 93.2 Å². The highest BCUT2D eigenvalue weighted by Gasteiger charge is 2.60. The second-order valence-corrected chi connectivity index (χ2v) is 22.4. The van der Waals surface area contributed by atoms with Crippen LogP contribution in [0, 0.1) is 23.2 Å². The first-order chi connectivity index (χ1) is 36.8. The summed E-state index contributed by atoms with van der Waals surface area (Å²) < 4.78 is 17.8. The molecule has 3 aliphatic heterocycles. The molecule has 2 aromatic carbocycles. The van der Waals surface area contributed by atoms with E-state index < -0.39 is 112 Å². The Hall–Kier alpha value is -6.87. The van der Waals surface area contributed by atoms with Crippen molar-refractivity contribution in [3.63, 3.8) is 0 Å². The molecular formula is C56H74ClN7O14. The number of methoxy groups -OCH3 is 1. The average Bonchev–Trinajstić information content (AvgIpc) is 4.33. The molecule has 4 aliphatic rings. The molecule has 21 nitrogen and oxygen atoms in total. The summed E-state index contributed by atoms with van der Waals surface area (Å²) in [6.45, 7) is 14.3. The number of imide groups is 1. The number of hydrogen-bond donors (Lipinski definition) is 6. The minimum absolute atomic E-state index is 0.00400. The first-order valence-corrected chi connectivity index (χ1v) is 27.0. The Bertz CT molecular complexity index is 2620. The van der Waals surface area contributed by atoms with Crippen LogP contribution in [0.25, 0.3) is 0 Å². The lowest BCUT2D eigenvalue weighted by Gasteiger charge is -2.36. The lowest BCUT2D eigenvalue weighted by atomic mass is 9.80. The van der Waals surface area contributed by atoms with Crippen molar-refractivity contribution in [3.8, 4) is 5.75 Å². The van der Waals surface area contributed by atoms with Crippen molar-refractivity contribution in [2.75, 3.05) is 7.11 Å². The van der Waals surface area contributed by atoms with Crippen LogP contribution in [-0.4, -0.2) is 113 Å². The van der Waals surface area contributed by atoms with Crippen LogP contribution in [0.15, 0.2) is 54.6 Å². The maximum absolute atomic E-state index is 14.2. The van der Waals surface area contributed by atoms with E-state index in [0.29, 0.717) is 34.2 Å². The zero-order chi connectivity index (χ0) is 57.2. The Morgan fingerprint density at radius 2 is 1.51 bits per heavy atom. The van der Waals surface area contributed by atoms with Gasteiger partial charge in [-0.3, -0.25) is 38.4 Å². The maximum Gasteiger partial charge on any atom is 0.333 e. The van der Waals surface area contributed by atoms with Gasteiger partial charge in [0.1, 0.15) is 42.1 Å². The minimum Gasteiger partial charge on any atom is -0.495 e. The van der Waals surface area contributed by atoms with Gasteiger partial charge >= 0.3 is 11.9 Å². The summed E-state index contributed by atoms with van der Waals surface area (Å²) in [6, 6.07) is 8.49. The van der Waals surface area contributed by atoms with Gasteiger partial charge in [0, 0.05) is 51.0 Å². The van der Waals surface area contributed by atoms with E-state index >= 15 is 0 Å². The van der Waals surface area contributed by atoms with E-state index in [-0.39, 0.29) is 75.9 Å². The average molecular weight is 1100 g/mol. The summed E-state index contributed by atoms with van der Waals surface area (Å²) in [4.78, 5) is 136. The molecule has 1 aliphatic carbocycles. The molecule has 6 N–H and O–H groups in total. The molecule has 78 heavy (non-hydrogen) atoms. The number of carbonyl (C=O) groups is 10. The topological polar surface area (TPSA) is 286 Å². The van der Waals surface area contributed by atoms with Crippen LogP contribution in [0.5, 0.6) is 5.75 Å². The van der Waals surface area contributed by atoms with Crippen LogP contribution in [0.1, 0.15) is 136 Å². The number of nitrogens with one attached hydrogen (secondary N) is 6. The van der Waals surface area contributed by atoms with Gasteiger partial charge in [-0.1, -0.05) is 82.6 Å². The summed E-state index contributed by atoms with van der Waals surface area (Å²) in [5.74, 6) is -6.02. The monoisotopic (exact) mass is 1100 g/mol. The third kappa shape index (κ3) is 15.7. The molecular weight excluding hydrogens is 1030 g/mol. The number of ether oxygens (including phenoxy) is 3. The highest BCUT2D eigenvalue weighted by Crippen LogP contribution is 2.50. The molecule has 22 heteroatoms. The van der Waals surface area contributed by atoms with E-state index in [4.69, 9.17) is 30.6 Å². The molecule has 6 rings (SSSR count). The fourth-order valence-corrected chi connectivity index (χ4v) is 9.81. The SMILES string of the molecule is COc1ccc(C[C@H]2NC(=O)/C=C/C[C@@H]([C@H](C)C3OC3c3ccc(CNC(=O)C(C)NC(=O)[C@@H](NC(=O)CCCC(=O)ON4C(=O)CCC4=O)C(C)C)cc3)OC(=O)[C@H](CC(C)C)NC(=O)C(C)(C)C3(CC3)NC2=O)cc1Cl. The maximum atomic E-state index is 14.2. The first-order valence-electron chi connectivity index (χ1n) is 26.6. The zero-order valence-electron chi connectivity index (χ0n) is 45.8. The molecule has 3 fully saturated rings. The molecule has 3 heterocycles. The molecule has 0 aromatic heterocycles. The van der Waals surface area contributed by atoms with E-state index in [1.807, 2.05) is 45.0 Å². The molecule has 0 bridgehead atoms. The number of halogens is 1. The van der Waals surface area contributed by atoms with Crippen molar-refractivity contribution >= 4 is 70.8 Å². The second kappa shape index (κ2) is 26.2. The Kier molecular flexibility index (Phi) is 20.3. The van der Waals surface area contributed by atoms with Gasteiger partial charge in [0.05, 0.1) is 29.2 Å². The van der Waals surface area contributed by atoms with E-state index in [1.165, 1.54) is 20.1 Å². The standard InChI is InChI=1S/C56H74ClN7O14/c1-30(2)26-39-53(73)76-40(12-10-13-42(65)60-38(28-35-18-21-41(75-9)37(57)27-35)51(71)63-56(24-25-56)55(7,8)54(74)61-39)32(5)48-49(77-48)36-19-16-34(17-20-36)29-58-50(70)33(6)59-52(72)47(31(3)4)62-43(66)14-11-15-46(69)78-64-44(67)22-23-45(64)68/h10,13,16-21,27,30-33,38-40,47-49H,11-12,14-15,22-26,28-29H2,1-9H3,(H,58,70)(H,59,72)(H,60,65)(H,61,74)(H,62,66)(H,63,71)/b13-10+/t32-,33?,38+,39-,40-,47-,48?,49?/m0/s1. The van der Waals surface area contributed by atoms with Crippen molar-refractivity contribution in [1.29, 1.82) is 0 Å². The molecule has 3 unspecified atom stereocenters. The Morgan fingerprint density at radius 3 is 2.13 bits per heavy atom. The van der Waals surface area contributed by atoms with Gasteiger partial charge in [0.2, 0.25) is 35.4 Å². The fraction of sp³-hybridized carbons (Fsp3) is 0.571. The third-order valence-corrected chi connectivity index (χ3v) is 15.1. The second-order valence-electron chi connectivity index (χ2n) is 22.0. The van der Waals surface area contributed by atoms with Crippen molar-refractivity contribution < 1.29 is 67.0 Å². The summed E-state index contributed by atoms with van der Waals surface area (Å²) in [5.41, 5.74) is 0.150. The number of amides is 8. The summed E-state index contributed by atoms with van der Waals surface area (Å²) >= 11 is 6.43. The molecule has 2 aromatic rings. The number of hydrogen-bond acceptors (Lipinski definition) is 14. The molecule has 424 valence electrons. The summed E-state index contributed by atoms with van der Waals surface area (Å²) in [5, 5.41) is 17.8. The fourth-order valence-electron chi connectivity index (χ4n) is 9.53. The van der Waals surface area contributed by atoms with Crippen LogP contribution >= 0.6 is 11.6 Å². The van der Waals surface area contributed by atoms with Crippen molar-refractivity contribution in [2.24, 2.45) is 23.2 Å². The smallest absolute Gasteiger partial charge is 0.333 e. The number of hydroxylamine groups is 2. The number of carbonyl (C=O) groups excluding carboxylic acids is 10. The number of nitrogens with zero attached hydrogens (tertiary/aromatic N) is 1. The van der Waals surface area contributed by atoms with Gasteiger partial charge in [0.25, 0.3) is 11.8 Å². The zero-order valence-corrected chi connectivity index (χ0v) is 46.5. The third-order valence-electron chi connectivity index (χ3n) is 14.8. The van der Waals surface area contributed by atoms with Crippen LogP contribution in [0.4, 0.5) is 0 Å². The van der Waals surface area contributed by atoms with Crippen molar-refractivity contribution in [2.45, 2.75) is 174 Å². The minimum atomic E-state index is -1.16. The number of benzene rings is 2. The van der Waals surface area contributed by atoms with Gasteiger partial charge < -0.3 is 50.9 Å². The lowest BCUT2D eigenvalue weighted by Crippen LogP contribution is -2.60. The first kappa shape index (κ1) is 60.4. The number of esters is 1. The van der Waals surface area contributed by atoms with Crippen LogP contribution < -0.4 is 36.6 Å². The van der Waals surface area contributed by atoms with E-state index in [0.717, 1.165) is 11.1 Å². The van der Waals surface area contributed by atoms with Gasteiger partial charge in [-0.2, -0.15) is 0 Å². The molecule has 8 atom stereocenters. The number of cyclic esters (lactones) is 1. The molecule has 1 spiro atoms. The Morgan fingerprint density at radius 1 is 0.846 bits per heavy atom. The Balaban J connectivity index is 1.05. The summed E-state index contributed by atoms with van der Waals surface area (Å²) in [6.07, 6.45) is 2.41. The van der Waals surface area contributed by atoms with Crippen LogP contribution in [0.3, 0.4) is 0 Å². The van der Waals surface area contributed by atoms with Gasteiger partial charge in [-0.15, -0.1) is 5.06 Å². The number of rotatable bonds is 20. The van der Waals surface area contributed by atoms with Crippen molar-refractivity contribution in [1.82, 2.24) is 37.0 Å². The highest BCUT2D eigenvalue weighted by atomic mass is 35.5. The molecule has 8 amide bonds. The molecule has 2 saturated heterocycles. The van der Waals surface area contributed by atoms with E-state index in [1.54, 1.807) is 52.0 Å². The van der Waals surface area contributed by atoms with Gasteiger partial charge in [0.15, 0.2) is 0 Å². The van der Waals surface area contributed by atoms with E-state index in [9.17, 15) is 47.9 Å². The molecule has 0 radical (unpaired) electrons. The van der Waals surface area contributed by atoms with Crippen molar-refractivity contribution in [3.05, 3.63) is 76.3 Å². The summed E-state index contributed by atoms with van der Waals surface area (Å²) in [7, 11) is 1.49. The lowest BCUT2D eigenvalue weighted by molar-refractivity contribution is -0.197. The predicted octanol–water partition coefficient (Wildman–Crippen LogP) is 4.27. The largest absolute Gasteiger partial charge is 0.495 e. The van der Waals surface area contributed by atoms with E-state index in [2.05, 4.69) is 31.9 Å². The normalized spacial score (nSPS) is 23.7.